The summed E-state index contributed by atoms with van der Waals surface area (Å²) in [6.45, 7) is -0.363. The van der Waals surface area contributed by atoms with E-state index in [0.29, 0.717) is 11.2 Å². The van der Waals surface area contributed by atoms with Crippen molar-refractivity contribution in [1.29, 1.82) is 0 Å². The van der Waals surface area contributed by atoms with Gasteiger partial charge in [-0.3, -0.25) is 4.79 Å². The van der Waals surface area contributed by atoms with Crippen LogP contribution in [0.5, 0.6) is 0 Å². The molecule has 1 heterocycles. The number of fused-ring (bicyclic) bond motifs is 1. The van der Waals surface area contributed by atoms with E-state index in [2.05, 4.69) is 32.9 Å². The van der Waals surface area contributed by atoms with Gasteiger partial charge in [0.25, 0.3) is 5.91 Å². The number of esters is 1. The number of nitrogens with zero attached hydrogens (tertiary/aromatic N) is 1. The Bertz CT molecular complexity index is 911. The highest BCUT2D eigenvalue weighted by atomic mass is 127. The molecule has 0 bridgehead atoms. The third-order valence-corrected chi connectivity index (χ3v) is 4.23. The van der Waals surface area contributed by atoms with Crippen molar-refractivity contribution in [3.63, 3.8) is 0 Å². The SMILES string of the molecule is O=C(COC(=O)c1ccc2ccccc2n1)Nc1ccccc1I. The molecule has 0 fully saturated rings. The average molecular weight is 432 g/mol. The molecule has 0 aliphatic carbocycles. The molecule has 6 heteroatoms. The molecule has 1 amide bonds. The lowest BCUT2D eigenvalue weighted by molar-refractivity contribution is -0.119. The molecule has 3 aromatic rings. The predicted molar refractivity (Wildman–Crippen MR) is 99.8 cm³/mol. The first-order valence-electron chi connectivity index (χ1n) is 7.21. The minimum Gasteiger partial charge on any atom is -0.451 e. The van der Waals surface area contributed by atoms with E-state index in [0.717, 1.165) is 8.96 Å². The van der Waals surface area contributed by atoms with Crippen LogP contribution in [0.3, 0.4) is 0 Å². The predicted octanol–water partition coefficient (Wildman–Crippen LogP) is 3.63. The minimum absolute atomic E-state index is 0.177. The first kappa shape index (κ1) is 16.4. The highest BCUT2D eigenvalue weighted by Crippen LogP contribution is 2.17. The fraction of sp³-hybridized carbons (Fsp3) is 0.0556. The van der Waals surface area contributed by atoms with Crippen molar-refractivity contribution in [3.8, 4) is 0 Å². The van der Waals surface area contributed by atoms with Gasteiger partial charge >= 0.3 is 5.97 Å². The van der Waals surface area contributed by atoms with Crippen molar-refractivity contribution < 1.29 is 14.3 Å². The number of anilines is 1. The molecule has 1 N–H and O–H groups in total. The third kappa shape index (κ3) is 3.88. The zero-order valence-corrected chi connectivity index (χ0v) is 14.7. The Morgan fingerprint density at radius 3 is 2.58 bits per heavy atom. The molecule has 3 rings (SSSR count). The second-order valence-corrected chi connectivity index (χ2v) is 6.16. The molecule has 0 saturated heterocycles. The smallest absolute Gasteiger partial charge is 0.357 e. The summed E-state index contributed by atoms with van der Waals surface area (Å²) in [6.07, 6.45) is 0. The molecular weight excluding hydrogens is 419 g/mol. The molecule has 0 radical (unpaired) electrons. The van der Waals surface area contributed by atoms with Gasteiger partial charge in [-0.25, -0.2) is 9.78 Å². The Kier molecular flexibility index (Phi) is 5.05. The lowest BCUT2D eigenvalue weighted by atomic mass is 10.2. The van der Waals surface area contributed by atoms with Crippen molar-refractivity contribution in [1.82, 2.24) is 4.98 Å². The first-order chi connectivity index (χ1) is 11.6. The number of ether oxygens (including phenoxy) is 1. The van der Waals surface area contributed by atoms with Crippen LogP contribution in [0.2, 0.25) is 0 Å². The molecule has 2 aromatic carbocycles. The molecule has 0 unspecified atom stereocenters. The number of amides is 1. The van der Waals surface area contributed by atoms with Crippen LogP contribution in [0.1, 0.15) is 10.5 Å². The van der Waals surface area contributed by atoms with Crippen molar-refractivity contribution in [2.24, 2.45) is 0 Å². The number of rotatable bonds is 4. The largest absolute Gasteiger partial charge is 0.451 e. The van der Waals surface area contributed by atoms with Gasteiger partial charge < -0.3 is 10.1 Å². The quantitative estimate of drug-likeness (QED) is 0.505. The first-order valence-corrected chi connectivity index (χ1v) is 8.28. The summed E-state index contributed by atoms with van der Waals surface area (Å²) in [4.78, 5) is 28.2. The second kappa shape index (κ2) is 7.39. The monoisotopic (exact) mass is 432 g/mol. The Morgan fingerprint density at radius 2 is 1.75 bits per heavy atom. The van der Waals surface area contributed by atoms with Crippen LogP contribution < -0.4 is 5.32 Å². The van der Waals surface area contributed by atoms with Crippen molar-refractivity contribution in [2.45, 2.75) is 0 Å². The van der Waals surface area contributed by atoms with Gasteiger partial charge in [-0.15, -0.1) is 0 Å². The van der Waals surface area contributed by atoms with Crippen LogP contribution in [0.25, 0.3) is 10.9 Å². The normalized spacial score (nSPS) is 10.4. The van der Waals surface area contributed by atoms with Gasteiger partial charge in [0.15, 0.2) is 6.61 Å². The van der Waals surface area contributed by atoms with E-state index < -0.39 is 11.9 Å². The van der Waals surface area contributed by atoms with Gasteiger partial charge in [0, 0.05) is 8.96 Å². The molecule has 1 aromatic heterocycles. The van der Waals surface area contributed by atoms with Gasteiger partial charge in [-0.05, 0) is 46.9 Å². The minimum atomic E-state index is -0.626. The van der Waals surface area contributed by atoms with E-state index in [4.69, 9.17) is 4.74 Å². The average Bonchev–Trinajstić information content (AvgIpc) is 2.61. The Hall–Kier alpha value is -2.48. The van der Waals surface area contributed by atoms with Gasteiger partial charge in [0.05, 0.1) is 11.2 Å². The number of nitrogens with one attached hydrogen (secondary N) is 1. The van der Waals surface area contributed by atoms with Crippen LogP contribution in [0.4, 0.5) is 5.69 Å². The Morgan fingerprint density at radius 1 is 1.00 bits per heavy atom. The van der Waals surface area contributed by atoms with Crippen molar-refractivity contribution >= 4 is 51.1 Å². The summed E-state index contributed by atoms with van der Waals surface area (Å²) in [5.41, 5.74) is 1.56. The number of carbonyl (C=O) groups excluding carboxylic acids is 2. The van der Waals surface area contributed by atoms with E-state index in [-0.39, 0.29) is 12.3 Å². The van der Waals surface area contributed by atoms with E-state index >= 15 is 0 Å². The number of hydrogen-bond donors (Lipinski definition) is 1. The molecule has 120 valence electrons. The second-order valence-electron chi connectivity index (χ2n) is 4.99. The lowest BCUT2D eigenvalue weighted by Gasteiger charge is -2.08. The summed E-state index contributed by atoms with van der Waals surface area (Å²) in [6, 6.07) is 18.2. The fourth-order valence-corrected chi connectivity index (χ4v) is 2.66. The van der Waals surface area contributed by atoms with Gasteiger partial charge in [0.2, 0.25) is 0 Å². The zero-order valence-electron chi connectivity index (χ0n) is 12.5. The van der Waals surface area contributed by atoms with Gasteiger partial charge in [-0.1, -0.05) is 36.4 Å². The van der Waals surface area contributed by atoms with E-state index in [1.165, 1.54) is 0 Å². The topological polar surface area (TPSA) is 68.3 Å². The maximum Gasteiger partial charge on any atom is 0.357 e. The van der Waals surface area contributed by atoms with Gasteiger partial charge in [-0.2, -0.15) is 0 Å². The summed E-state index contributed by atoms with van der Waals surface area (Å²) in [5, 5.41) is 3.64. The molecule has 0 saturated carbocycles. The maximum absolute atomic E-state index is 12.0. The van der Waals surface area contributed by atoms with Crippen molar-refractivity contribution in [3.05, 3.63) is 69.9 Å². The van der Waals surface area contributed by atoms with E-state index in [1.807, 2.05) is 42.5 Å². The highest BCUT2D eigenvalue weighted by Gasteiger charge is 2.13. The van der Waals surface area contributed by atoms with Crippen LogP contribution in [-0.2, 0) is 9.53 Å². The maximum atomic E-state index is 12.0. The number of benzene rings is 2. The summed E-state index contributed by atoms with van der Waals surface area (Å²) in [5.74, 6) is -1.02. The molecule has 5 nitrogen and oxygen atoms in total. The number of para-hydroxylation sites is 2. The molecule has 0 atom stereocenters. The number of pyridine rings is 1. The third-order valence-electron chi connectivity index (χ3n) is 3.29. The summed E-state index contributed by atoms with van der Waals surface area (Å²) < 4.78 is 5.94. The number of hydrogen-bond acceptors (Lipinski definition) is 4. The van der Waals surface area contributed by atoms with Crippen LogP contribution in [-0.4, -0.2) is 23.5 Å². The molecular formula is C18H13IN2O3. The molecule has 0 aliphatic rings. The fourth-order valence-electron chi connectivity index (χ4n) is 2.13. The Labute approximate surface area is 152 Å². The number of halogens is 1. The van der Waals surface area contributed by atoms with Crippen molar-refractivity contribution in [2.75, 3.05) is 11.9 Å². The van der Waals surface area contributed by atoms with Crippen LogP contribution in [0.15, 0.2) is 60.7 Å². The summed E-state index contributed by atoms with van der Waals surface area (Å²) in [7, 11) is 0. The number of carbonyl (C=O) groups is 2. The lowest BCUT2D eigenvalue weighted by Crippen LogP contribution is -2.21. The molecule has 24 heavy (non-hydrogen) atoms. The van der Waals surface area contributed by atoms with E-state index in [1.54, 1.807) is 18.2 Å². The highest BCUT2D eigenvalue weighted by molar-refractivity contribution is 14.1. The Balaban J connectivity index is 1.62. The zero-order chi connectivity index (χ0) is 16.9. The molecule has 0 spiro atoms. The number of aromatic nitrogens is 1. The van der Waals surface area contributed by atoms with Gasteiger partial charge in [0.1, 0.15) is 5.69 Å². The van der Waals surface area contributed by atoms with E-state index in [9.17, 15) is 9.59 Å². The van der Waals surface area contributed by atoms with Crippen LogP contribution in [0, 0.1) is 3.57 Å². The summed E-state index contributed by atoms with van der Waals surface area (Å²) >= 11 is 2.12. The molecule has 0 aliphatic heterocycles. The standard InChI is InChI=1S/C18H13IN2O3/c19-13-6-2-4-8-15(13)21-17(22)11-24-18(23)16-10-9-12-5-1-3-7-14(12)20-16/h1-10H,11H2,(H,21,22). The van der Waals surface area contributed by atoms with Crippen LogP contribution >= 0.6 is 22.6 Å².